The van der Waals surface area contributed by atoms with E-state index in [1.54, 1.807) is 18.3 Å². The molecule has 1 heterocycles. The number of allylic oxidation sites excluding steroid dienone is 1. The van der Waals surface area contributed by atoms with Gasteiger partial charge >= 0.3 is 0 Å². The predicted octanol–water partition coefficient (Wildman–Crippen LogP) is 4.43. The van der Waals surface area contributed by atoms with Gasteiger partial charge in [0.2, 0.25) is 5.78 Å². The molecule has 2 N–H and O–H groups in total. The zero-order chi connectivity index (χ0) is 16.4. The van der Waals surface area contributed by atoms with Crippen LogP contribution in [0, 0.1) is 11.3 Å². The molecule has 0 unspecified atom stereocenters. The number of benzene rings is 2. The second kappa shape index (κ2) is 6.11. The number of Topliss-reactive ketones (excluding diaryl/α,β-unsaturated/α-hetero) is 1. The number of nitrogens with one attached hydrogen (secondary N) is 1. The van der Waals surface area contributed by atoms with Gasteiger partial charge in [0.05, 0.1) is 4.47 Å². The highest BCUT2D eigenvalue weighted by Gasteiger charge is 2.16. The molecule has 23 heavy (non-hydrogen) atoms. The first-order valence-electron chi connectivity index (χ1n) is 6.81. The molecule has 0 aliphatic carbocycles. The molecule has 0 saturated heterocycles. The maximum Gasteiger partial charge on any atom is 0.205 e. The van der Waals surface area contributed by atoms with E-state index < -0.39 is 0 Å². The van der Waals surface area contributed by atoms with Crippen LogP contribution in [0.5, 0.6) is 5.75 Å². The van der Waals surface area contributed by atoms with E-state index in [2.05, 4.69) is 20.9 Å². The average molecular weight is 367 g/mol. The summed E-state index contributed by atoms with van der Waals surface area (Å²) in [6.45, 7) is 0. The van der Waals surface area contributed by atoms with Gasteiger partial charge in [0.15, 0.2) is 0 Å². The Balaban J connectivity index is 2.03. The molecule has 3 rings (SSSR count). The highest BCUT2D eigenvalue weighted by molar-refractivity contribution is 9.10. The number of ketones is 1. The Morgan fingerprint density at radius 3 is 2.78 bits per heavy atom. The van der Waals surface area contributed by atoms with Crippen molar-refractivity contribution in [3.8, 4) is 11.8 Å². The standard InChI is InChI=1S/C18H11BrN2O2/c19-15-8-11(5-6-17(15)22)7-12(9-20)18(23)14-10-21-16-4-2-1-3-13(14)16/h1-8,10,21-22H/b12-7-. The molecule has 4 nitrogen and oxygen atoms in total. The molecular weight excluding hydrogens is 356 g/mol. The Labute approximate surface area is 140 Å². The number of carbonyl (C=O) groups is 1. The second-order valence-electron chi connectivity index (χ2n) is 4.96. The lowest BCUT2D eigenvalue weighted by Gasteiger charge is -2.01. The van der Waals surface area contributed by atoms with Crippen LogP contribution in [0.1, 0.15) is 15.9 Å². The van der Waals surface area contributed by atoms with E-state index in [0.717, 1.165) is 10.9 Å². The van der Waals surface area contributed by atoms with Crippen LogP contribution in [0.25, 0.3) is 17.0 Å². The number of carbonyl (C=O) groups excluding carboxylic acids is 1. The van der Waals surface area contributed by atoms with Crippen LogP contribution in [-0.2, 0) is 0 Å². The summed E-state index contributed by atoms with van der Waals surface area (Å²) in [4.78, 5) is 15.7. The number of hydrogen-bond acceptors (Lipinski definition) is 3. The molecule has 0 spiro atoms. The Hall–Kier alpha value is -2.84. The van der Waals surface area contributed by atoms with E-state index in [4.69, 9.17) is 0 Å². The number of aromatic hydroxyl groups is 1. The Morgan fingerprint density at radius 1 is 1.26 bits per heavy atom. The molecule has 0 atom stereocenters. The lowest BCUT2D eigenvalue weighted by atomic mass is 10.0. The van der Waals surface area contributed by atoms with Crippen molar-refractivity contribution in [3.05, 3.63) is 69.8 Å². The number of H-pyrrole nitrogens is 1. The van der Waals surface area contributed by atoms with Crippen LogP contribution >= 0.6 is 15.9 Å². The molecule has 0 saturated carbocycles. The van der Waals surface area contributed by atoms with Gasteiger partial charge in [-0.15, -0.1) is 0 Å². The van der Waals surface area contributed by atoms with E-state index in [0.29, 0.717) is 15.6 Å². The summed E-state index contributed by atoms with van der Waals surface area (Å²) >= 11 is 3.21. The lowest BCUT2D eigenvalue weighted by molar-refractivity contribution is 0.104. The molecular formula is C18H11BrN2O2. The van der Waals surface area contributed by atoms with Crippen molar-refractivity contribution in [2.45, 2.75) is 0 Å². The largest absolute Gasteiger partial charge is 0.507 e. The van der Waals surface area contributed by atoms with Crippen LogP contribution in [0.4, 0.5) is 0 Å². The molecule has 3 aromatic rings. The molecule has 0 aliphatic heterocycles. The molecule has 5 heteroatoms. The maximum atomic E-state index is 12.6. The summed E-state index contributed by atoms with van der Waals surface area (Å²) in [5, 5.41) is 19.6. The Kier molecular flexibility index (Phi) is 4.00. The summed E-state index contributed by atoms with van der Waals surface area (Å²) < 4.78 is 0.503. The average Bonchev–Trinajstić information content (AvgIpc) is 2.99. The zero-order valence-corrected chi connectivity index (χ0v) is 13.5. The van der Waals surface area contributed by atoms with Gasteiger partial charge in [0.1, 0.15) is 17.4 Å². The van der Waals surface area contributed by atoms with E-state index in [1.807, 2.05) is 30.3 Å². The third kappa shape index (κ3) is 2.89. The summed E-state index contributed by atoms with van der Waals surface area (Å²) in [6, 6.07) is 14.2. The number of para-hydroxylation sites is 1. The lowest BCUT2D eigenvalue weighted by Crippen LogP contribution is -2.01. The fraction of sp³-hybridized carbons (Fsp3) is 0. The van der Waals surface area contributed by atoms with Crippen molar-refractivity contribution in [1.82, 2.24) is 4.98 Å². The van der Waals surface area contributed by atoms with Crippen molar-refractivity contribution in [2.24, 2.45) is 0 Å². The van der Waals surface area contributed by atoms with Gasteiger partial charge < -0.3 is 10.1 Å². The first kappa shape index (κ1) is 15.1. The van der Waals surface area contributed by atoms with Crippen LogP contribution in [0.2, 0.25) is 0 Å². The quantitative estimate of drug-likeness (QED) is 0.409. The number of hydrogen-bond donors (Lipinski definition) is 2. The normalized spacial score (nSPS) is 11.4. The Bertz CT molecular complexity index is 980. The van der Waals surface area contributed by atoms with Gasteiger partial charge in [0.25, 0.3) is 0 Å². The number of aromatic amines is 1. The third-order valence-electron chi connectivity index (χ3n) is 3.48. The smallest absolute Gasteiger partial charge is 0.205 e. The van der Waals surface area contributed by atoms with Gasteiger partial charge in [-0.3, -0.25) is 4.79 Å². The number of nitrogens with zero attached hydrogens (tertiary/aromatic N) is 1. The van der Waals surface area contributed by atoms with Gasteiger partial charge in [-0.1, -0.05) is 24.3 Å². The van der Waals surface area contributed by atoms with Crippen molar-refractivity contribution in [3.63, 3.8) is 0 Å². The number of rotatable bonds is 3. The molecule has 1 aromatic heterocycles. The number of fused-ring (bicyclic) bond motifs is 1. The van der Waals surface area contributed by atoms with Gasteiger partial charge in [-0.05, 0) is 45.8 Å². The van der Waals surface area contributed by atoms with Crippen molar-refractivity contribution < 1.29 is 9.90 Å². The van der Waals surface area contributed by atoms with E-state index >= 15 is 0 Å². The van der Waals surface area contributed by atoms with Gasteiger partial charge in [0, 0.05) is 22.7 Å². The van der Waals surface area contributed by atoms with Gasteiger partial charge in [-0.25, -0.2) is 0 Å². The SMILES string of the molecule is N#C/C(=C/c1ccc(O)c(Br)c1)C(=O)c1c[nH]c2ccccc12. The predicted molar refractivity (Wildman–Crippen MR) is 92.0 cm³/mol. The monoisotopic (exact) mass is 366 g/mol. The fourth-order valence-corrected chi connectivity index (χ4v) is 2.73. The number of nitriles is 1. The van der Waals surface area contributed by atoms with Crippen molar-refractivity contribution in [1.29, 1.82) is 5.26 Å². The highest BCUT2D eigenvalue weighted by Crippen LogP contribution is 2.26. The molecule has 0 fully saturated rings. The van der Waals surface area contributed by atoms with E-state index in [-0.39, 0.29) is 17.1 Å². The zero-order valence-electron chi connectivity index (χ0n) is 11.9. The summed E-state index contributed by atoms with van der Waals surface area (Å²) in [5.74, 6) is -0.238. The molecule has 0 aliphatic rings. The van der Waals surface area contributed by atoms with Crippen LogP contribution in [-0.4, -0.2) is 15.9 Å². The molecule has 0 radical (unpaired) electrons. The first-order valence-corrected chi connectivity index (χ1v) is 7.60. The third-order valence-corrected chi connectivity index (χ3v) is 4.12. The van der Waals surface area contributed by atoms with E-state index in [1.165, 1.54) is 12.1 Å². The molecule has 112 valence electrons. The summed E-state index contributed by atoms with van der Waals surface area (Å²) in [6.07, 6.45) is 3.12. The molecule has 0 amide bonds. The second-order valence-corrected chi connectivity index (χ2v) is 5.81. The molecule has 0 bridgehead atoms. The van der Waals surface area contributed by atoms with Crippen molar-refractivity contribution >= 4 is 38.7 Å². The topological polar surface area (TPSA) is 76.9 Å². The highest BCUT2D eigenvalue weighted by atomic mass is 79.9. The summed E-state index contributed by atoms with van der Waals surface area (Å²) in [5.41, 5.74) is 2.00. The van der Waals surface area contributed by atoms with Crippen LogP contribution in [0.3, 0.4) is 0 Å². The van der Waals surface area contributed by atoms with Crippen LogP contribution in [0.15, 0.2) is 58.7 Å². The Morgan fingerprint density at radius 2 is 2.04 bits per heavy atom. The number of aromatic nitrogens is 1. The van der Waals surface area contributed by atoms with Crippen molar-refractivity contribution in [2.75, 3.05) is 0 Å². The van der Waals surface area contributed by atoms with E-state index in [9.17, 15) is 15.2 Å². The number of phenolic OH excluding ortho intramolecular Hbond substituents is 1. The minimum absolute atomic E-state index is 0.0346. The fourth-order valence-electron chi connectivity index (χ4n) is 2.33. The summed E-state index contributed by atoms with van der Waals surface area (Å²) in [7, 11) is 0. The maximum absolute atomic E-state index is 12.6. The number of halogens is 1. The minimum Gasteiger partial charge on any atom is -0.507 e. The first-order chi connectivity index (χ1) is 11.1. The molecule has 2 aromatic carbocycles. The van der Waals surface area contributed by atoms with Gasteiger partial charge in [-0.2, -0.15) is 5.26 Å². The van der Waals surface area contributed by atoms with Crippen LogP contribution < -0.4 is 0 Å². The minimum atomic E-state index is -0.339. The number of phenols is 1.